The summed E-state index contributed by atoms with van der Waals surface area (Å²) in [4.78, 5) is 19.0. The molecule has 0 spiro atoms. The van der Waals surface area contributed by atoms with Gasteiger partial charge in [-0.25, -0.2) is 9.67 Å². The number of fused-ring (bicyclic) bond motifs is 1. The molecule has 0 unspecified atom stereocenters. The van der Waals surface area contributed by atoms with E-state index in [0.29, 0.717) is 11.6 Å². The van der Waals surface area contributed by atoms with E-state index in [1.54, 1.807) is 6.20 Å². The molecule has 2 aromatic rings. The van der Waals surface area contributed by atoms with Gasteiger partial charge in [0.15, 0.2) is 11.3 Å². The van der Waals surface area contributed by atoms with Crippen LogP contribution in [-0.2, 0) is 6.54 Å². The summed E-state index contributed by atoms with van der Waals surface area (Å²) in [6, 6.07) is 3.86. The minimum atomic E-state index is 0.0675. The maximum Gasteiger partial charge on any atom is 0.275 e. The Morgan fingerprint density at radius 3 is 2.76 bits per heavy atom. The fourth-order valence-electron chi connectivity index (χ4n) is 3.28. The Morgan fingerprint density at radius 1 is 1.24 bits per heavy atom. The van der Waals surface area contributed by atoms with Crippen molar-refractivity contribution >= 4 is 16.9 Å². The molecular formula is C16H20N4O. The highest BCUT2D eigenvalue weighted by molar-refractivity contribution is 6.04. The van der Waals surface area contributed by atoms with E-state index in [1.165, 1.54) is 19.3 Å². The van der Waals surface area contributed by atoms with Gasteiger partial charge in [-0.15, -0.1) is 0 Å². The first kappa shape index (κ1) is 12.8. The van der Waals surface area contributed by atoms with Crippen LogP contribution in [0.3, 0.4) is 0 Å². The fourth-order valence-corrected chi connectivity index (χ4v) is 3.28. The Morgan fingerprint density at radius 2 is 2.05 bits per heavy atom. The standard InChI is InChI=1S/C16H20N4O/c21-16(19-9-1-2-10-19)14-13-7-4-8-17-15(13)20(18-14)11-12-5-3-6-12/h4,7-8,12H,1-3,5-6,9-11H2. The van der Waals surface area contributed by atoms with Gasteiger partial charge < -0.3 is 4.90 Å². The number of hydrogen-bond acceptors (Lipinski definition) is 3. The number of likely N-dealkylation sites (tertiary alicyclic amines) is 1. The third-order valence-corrected chi connectivity index (χ3v) is 4.76. The van der Waals surface area contributed by atoms with Gasteiger partial charge >= 0.3 is 0 Å². The first-order valence-corrected chi connectivity index (χ1v) is 7.94. The van der Waals surface area contributed by atoms with Gasteiger partial charge in [-0.2, -0.15) is 5.10 Å². The van der Waals surface area contributed by atoms with Crippen molar-refractivity contribution in [3.05, 3.63) is 24.0 Å². The average Bonchev–Trinajstić information content (AvgIpc) is 3.10. The number of pyridine rings is 1. The van der Waals surface area contributed by atoms with Crippen molar-refractivity contribution in [2.45, 2.75) is 38.6 Å². The molecule has 0 atom stereocenters. The van der Waals surface area contributed by atoms with E-state index in [-0.39, 0.29) is 5.91 Å². The molecule has 1 saturated carbocycles. The summed E-state index contributed by atoms with van der Waals surface area (Å²) in [5, 5.41) is 5.52. The Kier molecular flexibility index (Phi) is 3.13. The number of nitrogens with zero attached hydrogens (tertiary/aromatic N) is 4. The lowest BCUT2D eigenvalue weighted by molar-refractivity contribution is 0.0787. The van der Waals surface area contributed by atoms with E-state index >= 15 is 0 Å². The molecule has 1 aliphatic carbocycles. The molecule has 2 aromatic heterocycles. The summed E-state index contributed by atoms with van der Waals surface area (Å²) in [7, 11) is 0. The van der Waals surface area contributed by atoms with Crippen LogP contribution in [0, 0.1) is 5.92 Å². The number of aromatic nitrogens is 3. The van der Waals surface area contributed by atoms with Gasteiger partial charge in [0.05, 0.1) is 5.39 Å². The molecule has 0 aromatic carbocycles. The van der Waals surface area contributed by atoms with E-state index < -0.39 is 0 Å². The molecule has 1 aliphatic heterocycles. The molecule has 5 nitrogen and oxygen atoms in total. The van der Waals surface area contributed by atoms with Crippen LogP contribution in [0.4, 0.5) is 0 Å². The fraction of sp³-hybridized carbons (Fsp3) is 0.562. The normalized spacial score (nSPS) is 19.1. The van der Waals surface area contributed by atoms with Crippen LogP contribution in [0.2, 0.25) is 0 Å². The van der Waals surface area contributed by atoms with Gasteiger partial charge in [-0.05, 0) is 43.7 Å². The topological polar surface area (TPSA) is 51.0 Å². The summed E-state index contributed by atoms with van der Waals surface area (Å²) in [5.74, 6) is 0.766. The Hall–Kier alpha value is -1.91. The highest BCUT2D eigenvalue weighted by Gasteiger charge is 2.26. The molecule has 1 saturated heterocycles. The number of carbonyl (C=O) groups excluding carboxylic acids is 1. The number of carbonyl (C=O) groups is 1. The molecule has 0 bridgehead atoms. The lowest BCUT2D eigenvalue weighted by atomic mass is 9.85. The van der Waals surface area contributed by atoms with Gasteiger partial charge in [-0.1, -0.05) is 6.42 Å². The lowest BCUT2D eigenvalue weighted by Gasteiger charge is -2.25. The zero-order chi connectivity index (χ0) is 14.2. The summed E-state index contributed by atoms with van der Waals surface area (Å²) < 4.78 is 1.95. The van der Waals surface area contributed by atoms with Crippen molar-refractivity contribution in [1.82, 2.24) is 19.7 Å². The zero-order valence-corrected chi connectivity index (χ0v) is 12.2. The van der Waals surface area contributed by atoms with Gasteiger partial charge in [0, 0.05) is 25.8 Å². The second kappa shape index (κ2) is 5.13. The lowest BCUT2D eigenvalue weighted by Crippen LogP contribution is -2.28. The van der Waals surface area contributed by atoms with Crippen LogP contribution in [-0.4, -0.2) is 38.7 Å². The maximum atomic E-state index is 12.7. The van der Waals surface area contributed by atoms with Crippen molar-refractivity contribution < 1.29 is 4.79 Å². The van der Waals surface area contributed by atoms with Crippen LogP contribution in [0.1, 0.15) is 42.6 Å². The zero-order valence-electron chi connectivity index (χ0n) is 12.2. The predicted molar refractivity (Wildman–Crippen MR) is 80.0 cm³/mol. The van der Waals surface area contributed by atoms with Gasteiger partial charge in [0.1, 0.15) is 0 Å². The van der Waals surface area contributed by atoms with Crippen molar-refractivity contribution in [2.24, 2.45) is 5.92 Å². The van der Waals surface area contributed by atoms with E-state index in [9.17, 15) is 4.79 Å². The van der Waals surface area contributed by atoms with Crippen LogP contribution in [0.5, 0.6) is 0 Å². The highest BCUT2D eigenvalue weighted by atomic mass is 16.2. The first-order valence-electron chi connectivity index (χ1n) is 7.94. The minimum absolute atomic E-state index is 0.0675. The minimum Gasteiger partial charge on any atom is -0.337 e. The van der Waals surface area contributed by atoms with Gasteiger partial charge in [0.25, 0.3) is 5.91 Å². The summed E-state index contributed by atoms with van der Waals surface area (Å²) in [6.07, 6.45) is 7.84. The van der Waals surface area contributed by atoms with E-state index in [0.717, 1.165) is 43.5 Å². The molecule has 5 heteroatoms. The van der Waals surface area contributed by atoms with Crippen molar-refractivity contribution in [3.8, 4) is 0 Å². The SMILES string of the molecule is O=C(c1nn(CC2CCC2)c2ncccc12)N1CCCC1. The number of amides is 1. The smallest absolute Gasteiger partial charge is 0.275 e. The van der Waals surface area contributed by atoms with E-state index in [2.05, 4.69) is 10.1 Å². The van der Waals surface area contributed by atoms with Crippen LogP contribution >= 0.6 is 0 Å². The molecule has 3 heterocycles. The Balaban J connectivity index is 1.72. The summed E-state index contributed by atoms with van der Waals surface area (Å²) in [6.45, 7) is 2.60. The molecule has 0 radical (unpaired) electrons. The molecule has 4 rings (SSSR count). The molecule has 2 aliphatic rings. The maximum absolute atomic E-state index is 12.7. The Labute approximate surface area is 123 Å². The van der Waals surface area contributed by atoms with Crippen LogP contribution in [0.15, 0.2) is 18.3 Å². The largest absolute Gasteiger partial charge is 0.337 e. The monoisotopic (exact) mass is 284 g/mol. The average molecular weight is 284 g/mol. The van der Waals surface area contributed by atoms with Crippen LogP contribution < -0.4 is 0 Å². The van der Waals surface area contributed by atoms with Gasteiger partial charge in [0.2, 0.25) is 0 Å². The second-order valence-corrected chi connectivity index (χ2v) is 6.20. The molecule has 1 amide bonds. The molecule has 21 heavy (non-hydrogen) atoms. The Bertz CT molecular complexity index is 668. The van der Waals surface area contributed by atoms with Crippen molar-refractivity contribution in [2.75, 3.05) is 13.1 Å². The number of hydrogen-bond donors (Lipinski definition) is 0. The van der Waals surface area contributed by atoms with Crippen molar-refractivity contribution in [3.63, 3.8) is 0 Å². The quantitative estimate of drug-likeness (QED) is 0.870. The summed E-state index contributed by atoms with van der Waals surface area (Å²) >= 11 is 0. The molecule has 0 N–H and O–H groups in total. The van der Waals surface area contributed by atoms with Crippen molar-refractivity contribution in [1.29, 1.82) is 0 Å². The third kappa shape index (κ3) is 2.20. The highest BCUT2D eigenvalue weighted by Crippen LogP contribution is 2.29. The van der Waals surface area contributed by atoms with Gasteiger partial charge in [-0.3, -0.25) is 4.79 Å². The first-order chi connectivity index (χ1) is 10.3. The summed E-state index contributed by atoms with van der Waals surface area (Å²) in [5.41, 5.74) is 1.44. The molecule has 110 valence electrons. The second-order valence-electron chi connectivity index (χ2n) is 6.20. The van der Waals surface area contributed by atoms with Crippen LogP contribution in [0.25, 0.3) is 11.0 Å². The predicted octanol–water partition coefficient (Wildman–Crippen LogP) is 2.47. The molecule has 2 fully saturated rings. The third-order valence-electron chi connectivity index (χ3n) is 4.76. The molecular weight excluding hydrogens is 264 g/mol. The van der Waals surface area contributed by atoms with E-state index in [1.807, 2.05) is 21.7 Å². The number of rotatable bonds is 3. The van der Waals surface area contributed by atoms with E-state index in [4.69, 9.17) is 0 Å².